The minimum absolute atomic E-state index is 0.0934. The summed E-state index contributed by atoms with van der Waals surface area (Å²) in [5.74, 6) is -2.09. The van der Waals surface area contributed by atoms with E-state index < -0.39 is 32.7 Å². The van der Waals surface area contributed by atoms with Gasteiger partial charge in [0.05, 0.1) is 6.61 Å². The monoisotopic (exact) mass is 279 g/mol. The highest BCUT2D eigenvalue weighted by Gasteiger charge is 2.33. The van der Waals surface area contributed by atoms with Crippen LogP contribution in [-0.4, -0.2) is 43.9 Å². The van der Waals surface area contributed by atoms with E-state index in [0.717, 1.165) is 0 Å². The van der Waals surface area contributed by atoms with Crippen LogP contribution >= 0.6 is 0 Å². The molecule has 1 atom stereocenters. The molecule has 0 aliphatic rings. The SMILES string of the molecule is CCOC(=O)C(CC)S(=O)(=O)CC(=O)NC(C)C. The summed E-state index contributed by atoms with van der Waals surface area (Å²) in [6.45, 7) is 6.74. The Bertz CT molecular complexity index is 388. The molecule has 0 aliphatic carbocycles. The van der Waals surface area contributed by atoms with Gasteiger partial charge in [0.2, 0.25) is 5.91 Å². The molecule has 0 fully saturated rings. The van der Waals surface area contributed by atoms with Gasteiger partial charge in [-0.05, 0) is 27.2 Å². The van der Waals surface area contributed by atoms with Crippen molar-refractivity contribution in [3.05, 3.63) is 0 Å². The number of sulfone groups is 1. The van der Waals surface area contributed by atoms with Crippen molar-refractivity contribution in [2.24, 2.45) is 0 Å². The van der Waals surface area contributed by atoms with Crippen LogP contribution in [0.5, 0.6) is 0 Å². The zero-order chi connectivity index (χ0) is 14.3. The van der Waals surface area contributed by atoms with Gasteiger partial charge in [-0.2, -0.15) is 0 Å². The lowest BCUT2D eigenvalue weighted by Crippen LogP contribution is -2.41. The summed E-state index contributed by atoms with van der Waals surface area (Å²) in [6.07, 6.45) is 0.0934. The number of ether oxygens (including phenoxy) is 1. The Balaban J connectivity index is 4.78. The Labute approximate surface area is 108 Å². The minimum Gasteiger partial charge on any atom is -0.465 e. The van der Waals surface area contributed by atoms with Crippen LogP contribution in [0.1, 0.15) is 34.1 Å². The fraction of sp³-hybridized carbons (Fsp3) is 0.818. The van der Waals surface area contributed by atoms with Gasteiger partial charge in [0, 0.05) is 6.04 Å². The third-order valence-electron chi connectivity index (χ3n) is 2.14. The fourth-order valence-corrected chi connectivity index (χ4v) is 2.97. The molecule has 1 unspecified atom stereocenters. The normalized spacial score (nSPS) is 13.2. The van der Waals surface area contributed by atoms with Crippen molar-refractivity contribution < 1.29 is 22.7 Å². The number of nitrogens with one attached hydrogen (secondary N) is 1. The second-order valence-corrected chi connectivity index (χ2v) is 6.36. The van der Waals surface area contributed by atoms with E-state index in [1.807, 2.05) is 0 Å². The molecule has 0 rings (SSSR count). The van der Waals surface area contributed by atoms with E-state index >= 15 is 0 Å². The summed E-state index contributed by atoms with van der Waals surface area (Å²) in [5, 5.41) is 1.21. The van der Waals surface area contributed by atoms with Crippen molar-refractivity contribution >= 4 is 21.7 Å². The van der Waals surface area contributed by atoms with Crippen molar-refractivity contribution in [3.63, 3.8) is 0 Å². The molecular formula is C11H21NO5S. The van der Waals surface area contributed by atoms with Crippen molar-refractivity contribution in [2.75, 3.05) is 12.4 Å². The smallest absolute Gasteiger partial charge is 0.324 e. The second kappa shape index (κ2) is 7.35. The van der Waals surface area contributed by atoms with Gasteiger partial charge in [-0.3, -0.25) is 9.59 Å². The first-order valence-corrected chi connectivity index (χ1v) is 7.63. The summed E-state index contributed by atoms with van der Waals surface area (Å²) in [6, 6.07) is -0.143. The molecule has 18 heavy (non-hydrogen) atoms. The molecule has 1 N–H and O–H groups in total. The Hall–Kier alpha value is -1.11. The van der Waals surface area contributed by atoms with E-state index in [2.05, 4.69) is 5.32 Å². The van der Waals surface area contributed by atoms with Gasteiger partial charge in [0.1, 0.15) is 5.75 Å². The Morgan fingerprint density at radius 1 is 1.22 bits per heavy atom. The van der Waals surface area contributed by atoms with E-state index in [1.165, 1.54) is 0 Å². The summed E-state index contributed by atoms with van der Waals surface area (Å²) < 4.78 is 28.5. The quantitative estimate of drug-likeness (QED) is 0.675. The largest absolute Gasteiger partial charge is 0.465 e. The van der Waals surface area contributed by atoms with Crippen LogP contribution in [0.25, 0.3) is 0 Å². The number of hydrogen-bond donors (Lipinski definition) is 1. The van der Waals surface area contributed by atoms with Crippen molar-refractivity contribution in [3.8, 4) is 0 Å². The van der Waals surface area contributed by atoms with Crippen LogP contribution in [0.2, 0.25) is 0 Å². The molecular weight excluding hydrogens is 258 g/mol. The van der Waals surface area contributed by atoms with Crippen molar-refractivity contribution in [2.45, 2.75) is 45.4 Å². The molecule has 0 bridgehead atoms. The van der Waals surface area contributed by atoms with Crippen molar-refractivity contribution in [1.29, 1.82) is 0 Å². The van der Waals surface area contributed by atoms with Crippen LogP contribution in [0.15, 0.2) is 0 Å². The molecule has 1 amide bonds. The summed E-state index contributed by atoms with van der Waals surface area (Å²) >= 11 is 0. The van der Waals surface area contributed by atoms with Gasteiger partial charge >= 0.3 is 5.97 Å². The number of amides is 1. The van der Waals surface area contributed by atoms with Crippen molar-refractivity contribution in [1.82, 2.24) is 5.32 Å². The average molecular weight is 279 g/mol. The molecule has 106 valence electrons. The van der Waals surface area contributed by atoms with Crippen LogP contribution in [0.4, 0.5) is 0 Å². The molecule has 0 aromatic heterocycles. The predicted octanol–water partition coefficient (Wildman–Crippen LogP) is 0.268. The van der Waals surface area contributed by atoms with Crippen LogP contribution in [-0.2, 0) is 24.2 Å². The fourth-order valence-electron chi connectivity index (χ4n) is 1.45. The molecule has 6 nitrogen and oxygen atoms in total. The van der Waals surface area contributed by atoms with Crippen LogP contribution in [0, 0.1) is 0 Å². The maximum atomic E-state index is 11.9. The highest BCUT2D eigenvalue weighted by atomic mass is 32.2. The third kappa shape index (κ3) is 5.48. The van der Waals surface area contributed by atoms with Gasteiger partial charge in [-0.25, -0.2) is 8.42 Å². The Morgan fingerprint density at radius 2 is 1.78 bits per heavy atom. The molecule has 7 heteroatoms. The highest BCUT2D eigenvalue weighted by Crippen LogP contribution is 2.09. The minimum atomic E-state index is -3.83. The summed E-state index contributed by atoms with van der Waals surface area (Å²) in [7, 11) is -3.83. The first kappa shape index (κ1) is 16.9. The van der Waals surface area contributed by atoms with Crippen LogP contribution < -0.4 is 5.32 Å². The van der Waals surface area contributed by atoms with E-state index in [4.69, 9.17) is 4.74 Å². The first-order chi connectivity index (χ1) is 8.24. The molecule has 0 aromatic rings. The average Bonchev–Trinajstić information content (AvgIpc) is 2.15. The zero-order valence-corrected chi connectivity index (χ0v) is 12.0. The lowest BCUT2D eigenvalue weighted by molar-refractivity contribution is -0.142. The van der Waals surface area contributed by atoms with Gasteiger partial charge in [-0.1, -0.05) is 6.92 Å². The molecule has 0 saturated heterocycles. The summed E-state index contributed by atoms with van der Waals surface area (Å²) in [5.41, 5.74) is 0. The molecule has 0 spiro atoms. The highest BCUT2D eigenvalue weighted by molar-refractivity contribution is 7.93. The van der Waals surface area contributed by atoms with Gasteiger partial charge in [-0.15, -0.1) is 0 Å². The number of carbonyl (C=O) groups is 2. The lowest BCUT2D eigenvalue weighted by atomic mass is 10.3. The zero-order valence-electron chi connectivity index (χ0n) is 11.2. The molecule has 0 aromatic carbocycles. The maximum absolute atomic E-state index is 11.9. The van der Waals surface area contributed by atoms with E-state index in [0.29, 0.717) is 0 Å². The molecule has 0 aliphatic heterocycles. The second-order valence-electron chi connectivity index (χ2n) is 4.18. The topological polar surface area (TPSA) is 89.5 Å². The number of hydrogen-bond acceptors (Lipinski definition) is 5. The van der Waals surface area contributed by atoms with E-state index in [1.54, 1.807) is 27.7 Å². The Kier molecular flexibility index (Phi) is 6.90. The standard InChI is InChI=1S/C11H21NO5S/c1-5-9(11(14)17-6-2)18(15,16)7-10(13)12-8(3)4/h8-9H,5-7H2,1-4H3,(H,12,13). The van der Waals surface area contributed by atoms with Gasteiger partial charge in [0.15, 0.2) is 15.1 Å². The number of rotatable bonds is 7. The number of esters is 1. The van der Waals surface area contributed by atoms with E-state index in [-0.39, 0.29) is 19.1 Å². The predicted molar refractivity (Wildman–Crippen MR) is 67.8 cm³/mol. The lowest BCUT2D eigenvalue weighted by Gasteiger charge is -2.15. The van der Waals surface area contributed by atoms with Crippen LogP contribution in [0.3, 0.4) is 0 Å². The number of carbonyl (C=O) groups excluding carboxylic acids is 2. The van der Waals surface area contributed by atoms with Gasteiger partial charge < -0.3 is 10.1 Å². The molecule has 0 radical (unpaired) electrons. The molecule has 0 saturated carbocycles. The molecule has 0 heterocycles. The third-order valence-corrected chi connectivity index (χ3v) is 4.19. The first-order valence-electron chi connectivity index (χ1n) is 5.92. The maximum Gasteiger partial charge on any atom is 0.324 e. The van der Waals surface area contributed by atoms with E-state index in [9.17, 15) is 18.0 Å². The Morgan fingerprint density at radius 3 is 2.17 bits per heavy atom. The van der Waals surface area contributed by atoms with Gasteiger partial charge in [0.25, 0.3) is 0 Å². The summed E-state index contributed by atoms with van der Waals surface area (Å²) in [4.78, 5) is 22.9.